The van der Waals surface area contributed by atoms with Gasteiger partial charge in [0.25, 0.3) is 0 Å². The molecule has 0 aromatic heterocycles. The number of halogens is 1. The molecular weight excluding hydrogens is 278 g/mol. The van der Waals surface area contributed by atoms with Crippen molar-refractivity contribution in [2.75, 3.05) is 21.3 Å². The van der Waals surface area contributed by atoms with E-state index in [9.17, 15) is 0 Å². The van der Waals surface area contributed by atoms with Crippen LogP contribution in [-0.2, 0) is 0 Å². The first-order valence-corrected chi connectivity index (χ1v) is 6.73. The van der Waals surface area contributed by atoms with Crippen molar-refractivity contribution in [3.05, 3.63) is 17.7 Å². The third-order valence-corrected chi connectivity index (χ3v) is 3.25. The van der Waals surface area contributed by atoms with Crippen LogP contribution < -0.4 is 19.9 Å². The van der Waals surface area contributed by atoms with Crippen LogP contribution in [0, 0.1) is 0 Å². The molecule has 5 heteroatoms. The predicted molar refractivity (Wildman–Crippen MR) is 84.4 cm³/mol. The summed E-state index contributed by atoms with van der Waals surface area (Å²) in [5.74, 6) is 2.09. The third-order valence-electron chi connectivity index (χ3n) is 3.25. The molecule has 0 bridgehead atoms. The highest BCUT2D eigenvalue weighted by Crippen LogP contribution is 2.37. The summed E-state index contributed by atoms with van der Waals surface area (Å²) in [5, 5.41) is 0. The van der Waals surface area contributed by atoms with E-state index in [2.05, 4.69) is 6.92 Å². The van der Waals surface area contributed by atoms with E-state index in [-0.39, 0.29) is 18.4 Å². The zero-order valence-electron chi connectivity index (χ0n) is 12.8. The second-order valence-electron chi connectivity index (χ2n) is 4.55. The normalized spacial score (nSPS) is 11.4. The topological polar surface area (TPSA) is 53.7 Å². The van der Waals surface area contributed by atoms with Gasteiger partial charge in [0.1, 0.15) is 5.75 Å². The Labute approximate surface area is 128 Å². The molecule has 0 unspecified atom stereocenters. The van der Waals surface area contributed by atoms with Crippen molar-refractivity contribution < 1.29 is 14.2 Å². The Bertz CT molecular complexity index is 399. The minimum Gasteiger partial charge on any atom is -0.496 e. The molecule has 0 radical (unpaired) electrons. The quantitative estimate of drug-likeness (QED) is 0.744. The van der Waals surface area contributed by atoms with Gasteiger partial charge >= 0.3 is 0 Å². The molecule has 1 aromatic rings. The first kappa shape index (κ1) is 18.9. The SMILES string of the molecule is CCCCC[C@@H](N)c1cc(OC)c(OC)cc1OC.Cl. The first-order valence-electron chi connectivity index (χ1n) is 6.73. The Balaban J connectivity index is 0.00000361. The molecule has 0 aliphatic rings. The van der Waals surface area contributed by atoms with Crippen molar-refractivity contribution in [2.45, 2.75) is 38.6 Å². The molecule has 0 heterocycles. The number of unbranched alkanes of at least 4 members (excludes halogenated alkanes) is 2. The third kappa shape index (κ3) is 4.76. The molecule has 1 atom stereocenters. The molecular formula is C15H26ClNO3. The fourth-order valence-corrected chi connectivity index (χ4v) is 2.11. The van der Waals surface area contributed by atoms with E-state index < -0.39 is 0 Å². The molecule has 0 saturated heterocycles. The van der Waals surface area contributed by atoms with Crippen molar-refractivity contribution >= 4 is 12.4 Å². The fraction of sp³-hybridized carbons (Fsp3) is 0.600. The van der Waals surface area contributed by atoms with Crippen molar-refractivity contribution in [3.8, 4) is 17.2 Å². The first-order chi connectivity index (χ1) is 9.17. The van der Waals surface area contributed by atoms with Crippen LogP contribution in [0.4, 0.5) is 0 Å². The lowest BCUT2D eigenvalue weighted by Crippen LogP contribution is -2.12. The standard InChI is InChI=1S/C15H25NO3.ClH/c1-5-6-7-8-12(16)11-9-14(18-3)15(19-4)10-13(11)17-2;/h9-10,12H,5-8,16H2,1-4H3;1H/t12-;/m1./s1. The predicted octanol–water partition coefficient (Wildman–Crippen LogP) is 3.71. The van der Waals surface area contributed by atoms with Crippen LogP contribution in [0.15, 0.2) is 12.1 Å². The molecule has 1 rings (SSSR count). The summed E-state index contributed by atoms with van der Waals surface area (Å²) in [5.41, 5.74) is 7.22. The van der Waals surface area contributed by atoms with Crippen molar-refractivity contribution in [3.63, 3.8) is 0 Å². The van der Waals surface area contributed by atoms with Gasteiger partial charge in [0, 0.05) is 17.7 Å². The number of rotatable bonds is 8. The summed E-state index contributed by atoms with van der Waals surface area (Å²) < 4.78 is 16.0. The zero-order valence-corrected chi connectivity index (χ0v) is 13.6. The largest absolute Gasteiger partial charge is 0.496 e. The molecule has 0 amide bonds. The lowest BCUT2D eigenvalue weighted by atomic mass is 9.99. The monoisotopic (exact) mass is 303 g/mol. The molecule has 4 nitrogen and oxygen atoms in total. The fourth-order valence-electron chi connectivity index (χ4n) is 2.11. The van der Waals surface area contributed by atoms with Crippen LogP contribution >= 0.6 is 12.4 Å². The Hall–Kier alpha value is -1.13. The Morgan fingerprint density at radius 2 is 1.50 bits per heavy atom. The van der Waals surface area contributed by atoms with Crippen LogP contribution in [-0.4, -0.2) is 21.3 Å². The Morgan fingerprint density at radius 3 is 2.00 bits per heavy atom. The lowest BCUT2D eigenvalue weighted by molar-refractivity contribution is 0.346. The number of hydrogen-bond donors (Lipinski definition) is 1. The van der Waals surface area contributed by atoms with Gasteiger partial charge in [-0.05, 0) is 12.5 Å². The number of nitrogens with two attached hydrogens (primary N) is 1. The summed E-state index contributed by atoms with van der Waals surface area (Å²) in [6, 6.07) is 3.70. The maximum Gasteiger partial charge on any atom is 0.164 e. The van der Waals surface area contributed by atoms with E-state index in [1.54, 1.807) is 21.3 Å². The van der Waals surface area contributed by atoms with Crippen LogP contribution in [0.2, 0.25) is 0 Å². The van der Waals surface area contributed by atoms with Gasteiger partial charge in [0.15, 0.2) is 11.5 Å². The molecule has 116 valence electrons. The molecule has 0 spiro atoms. The van der Waals surface area contributed by atoms with Crippen molar-refractivity contribution in [2.24, 2.45) is 5.73 Å². The van der Waals surface area contributed by atoms with Crippen molar-refractivity contribution in [1.29, 1.82) is 0 Å². The number of benzene rings is 1. The van der Waals surface area contributed by atoms with Crippen LogP contribution in [0.3, 0.4) is 0 Å². The van der Waals surface area contributed by atoms with Crippen molar-refractivity contribution in [1.82, 2.24) is 0 Å². The maximum atomic E-state index is 6.25. The van der Waals surface area contributed by atoms with E-state index >= 15 is 0 Å². The van der Waals surface area contributed by atoms with Gasteiger partial charge < -0.3 is 19.9 Å². The zero-order chi connectivity index (χ0) is 14.3. The summed E-state index contributed by atoms with van der Waals surface area (Å²) in [7, 11) is 4.87. The highest BCUT2D eigenvalue weighted by atomic mass is 35.5. The van der Waals surface area contributed by atoms with E-state index in [1.807, 2.05) is 12.1 Å². The number of ether oxygens (including phenoxy) is 3. The van der Waals surface area contributed by atoms with Crippen LogP contribution in [0.1, 0.15) is 44.2 Å². The smallest absolute Gasteiger partial charge is 0.164 e. The Kier molecular flexibility index (Phi) is 9.17. The summed E-state index contributed by atoms with van der Waals surface area (Å²) in [6.45, 7) is 2.18. The molecule has 0 aliphatic heterocycles. The molecule has 20 heavy (non-hydrogen) atoms. The van der Waals surface area contributed by atoms with Gasteiger partial charge in [-0.1, -0.05) is 26.2 Å². The van der Waals surface area contributed by atoms with E-state index in [1.165, 1.54) is 12.8 Å². The molecule has 0 saturated carbocycles. The van der Waals surface area contributed by atoms with E-state index in [0.29, 0.717) is 11.5 Å². The van der Waals surface area contributed by atoms with Crippen LogP contribution in [0.5, 0.6) is 17.2 Å². The average Bonchev–Trinajstić information content (AvgIpc) is 2.45. The summed E-state index contributed by atoms with van der Waals surface area (Å²) in [4.78, 5) is 0. The van der Waals surface area contributed by atoms with E-state index in [4.69, 9.17) is 19.9 Å². The molecule has 2 N–H and O–H groups in total. The lowest BCUT2D eigenvalue weighted by Gasteiger charge is -2.18. The number of hydrogen-bond acceptors (Lipinski definition) is 4. The second-order valence-corrected chi connectivity index (χ2v) is 4.55. The van der Waals surface area contributed by atoms with Gasteiger partial charge in [0.2, 0.25) is 0 Å². The average molecular weight is 304 g/mol. The highest BCUT2D eigenvalue weighted by molar-refractivity contribution is 5.85. The van der Waals surface area contributed by atoms with E-state index in [0.717, 1.165) is 24.2 Å². The van der Waals surface area contributed by atoms with Gasteiger partial charge in [-0.15, -0.1) is 12.4 Å². The molecule has 1 aromatic carbocycles. The van der Waals surface area contributed by atoms with Gasteiger partial charge in [0.05, 0.1) is 21.3 Å². The Morgan fingerprint density at radius 1 is 0.950 bits per heavy atom. The van der Waals surface area contributed by atoms with Crippen LogP contribution in [0.25, 0.3) is 0 Å². The molecule has 0 aliphatic carbocycles. The minimum atomic E-state index is -0.0405. The van der Waals surface area contributed by atoms with Gasteiger partial charge in [-0.25, -0.2) is 0 Å². The number of methoxy groups -OCH3 is 3. The summed E-state index contributed by atoms with van der Waals surface area (Å²) in [6.07, 6.45) is 4.45. The maximum absolute atomic E-state index is 6.25. The molecule has 0 fully saturated rings. The second kappa shape index (κ2) is 9.72. The summed E-state index contributed by atoms with van der Waals surface area (Å²) >= 11 is 0. The minimum absolute atomic E-state index is 0. The van der Waals surface area contributed by atoms with Gasteiger partial charge in [-0.3, -0.25) is 0 Å². The highest BCUT2D eigenvalue weighted by Gasteiger charge is 2.16. The van der Waals surface area contributed by atoms with Gasteiger partial charge in [-0.2, -0.15) is 0 Å².